The van der Waals surface area contributed by atoms with Crippen LogP contribution in [0, 0.1) is 13.8 Å². The van der Waals surface area contributed by atoms with Gasteiger partial charge in [-0.1, -0.05) is 0 Å². The number of nitrogens with zero attached hydrogens (tertiary/aromatic N) is 1. The number of fused-ring (bicyclic) bond motifs is 1. The Morgan fingerprint density at radius 2 is 1.66 bits per heavy atom. The Labute approximate surface area is 203 Å². The normalized spacial score (nSPS) is 13.0. The average Bonchev–Trinajstić information content (AvgIpc) is 3.17. The summed E-state index contributed by atoms with van der Waals surface area (Å²) in [6.45, 7) is 8.84. The van der Waals surface area contributed by atoms with Gasteiger partial charge in [0, 0.05) is 23.1 Å². The molecule has 0 fully saturated rings. The van der Waals surface area contributed by atoms with E-state index in [0.717, 1.165) is 22.8 Å². The molecule has 1 aromatic heterocycles. The Morgan fingerprint density at radius 3 is 2.37 bits per heavy atom. The fourth-order valence-electron chi connectivity index (χ4n) is 3.89. The highest BCUT2D eigenvalue weighted by molar-refractivity contribution is 5.97. The monoisotopic (exact) mass is 479 g/mol. The number of carbonyl (C=O) groups is 2. The first kappa shape index (κ1) is 24.0. The van der Waals surface area contributed by atoms with Gasteiger partial charge in [0.2, 0.25) is 0 Å². The highest BCUT2D eigenvalue weighted by Crippen LogP contribution is 2.33. The number of benzene rings is 2. The van der Waals surface area contributed by atoms with Crippen LogP contribution in [-0.2, 0) is 4.79 Å². The summed E-state index contributed by atoms with van der Waals surface area (Å²) in [6, 6.07) is 14.4. The summed E-state index contributed by atoms with van der Waals surface area (Å²) < 4.78 is 24.3. The summed E-state index contributed by atoms with van der Waals surface area (Å²) in [4.78, 5) is 25.3. The Bertz CT molecular complexity index is 1220. The van der Waals surface area contributed by atoms with E-state index >= 15 is 0 Å². The van der Waals surface area contributed by atoms with Gasteiger partial charge in [-0.15, -0.1) is 0 Å². The number of aryl methyl sites for hydroxylation is 1. The molecular formula is C26H29N3O6. The minimum atomic E-state index is -0.821. The molecule has 4 rings (SSSR count). The number of carbonyl (C=O) groups excluding carboxylic acids is 2. The second kappa shape index (κ2) is 10.4. The lowest BCUT2D eigenvalue weighted by Gasteiger charge is -2.20. The van der Waals surface area contributed by atoms with Crippen LogP contribution in [0.4, 0.5) is 0 Å². The summed E-state index contributed by atoms with van der Waals surface area (Å²) >= 11 is 0. The first-order valence-electron chi connectivity index (χ1n) is 11.5. The van der Waals surface area contributed by atoms with E-state index < -0.39 is 17.9 Å². The third kappa shape index (κ3) is 5.34. The molecule has 2 heterocycles. The minimum absolute atomic E-state index is 0.427. The molecule has 9 heteroatoms. The summed E-state index contributed by atoms with van der Waals surface area (Å²) in [6.07, 6.45) is -0.821. The summed E-state index contributed by atoms with van der Waals surface area (Å²) in [5, 5.41) is 0. The zero-order valence-electron chi connectivity index (χ0n) is 20.2. The largest absolute Gasteiger partial charge is 0.494 e. The minimum Gasteiger partial charge on any atom is -0.494 e. The first-order chi connectivity index (χ1) is 16.9. The number of hydrazine groups is 1. The molecule has 2 aromatic carbocycles. The van der Waals surface area contributed by atoms with Gasteiger partial charge in [0.15, 0.2) is 17.6 Å². The van der Waals surface area contributed by atoms with Crippen molar-refractivity contribution in [3.63, 3.8) is 0 Å². The maximum absolute atomic E-state index is 12.8. The number of hydrogen-bond donors (Lipinski definition) is 2. The van der Waals surface area contributed by atoms with Crippen LogP contribution in [0.15, 0.2) is 48.5 Å². The van der Waals surface area contributed by atoms with E-state index in [4.69, 9.17) is 18.9 Å². The van der Waals surface area contributed by atoms with Crippen molar-refractivity contribution < 1.29 is 28.5 Å². The number of ether oxygens (including phenoxy) is 4. The fourth-order valence-corrected chi connectivity index (χ4v) is 3.89. The molecule has 1 unspecified atom stereocenters. The first-order valence-corrected chi connectivity index (χ1v) is 11.5. The second-order valence-electron chi connectivity index (χ2n) is 8.06. The predicted octanol–water partition coefficient (Wildman–Crippen LogP) is 3.49. The third-order valence-electron chi connectivity index (χ3n) is 5.58. The molecule has 9 nitrogen and oxygen atoms in total. The highest BCUT2D eigenvalue weighted by Gasteiger charge is 2.21. The van der Waals surface area contributed by atoms with Crippen molar-refractivity contribution >= 4 is 11.8 Å². The molecule has 2 amide bonds. The molecule has 0 aliphatic carbocycles. The van der Waals surface area contributed by atoms with Crippen molar-refractivity contribution in [2.45, 2.75) is 33.8 Å². The number of nitrogens with one attached hydrogen (secondary N) is 2. The molecule has 1 atom stereocenters. The predicted molar refractivity (Wildman–Crippen MR) is 130 cm³/mol. The SMILES string of the molecule is CCOc1ccc(OC(C)C(=O)NNC(=O)c2cc(C)n(-c3ccc4c(c3)OCCO4)c2C)cc1. The van der Waals surface area contributed by atoms with Gasteiger partial charge in [-0.2, -0.15) is 0 Å². The molecule has 0 radical (unpaired) electrons. The van der Waals surface area contributed by atoms with Gasteiger partial charge in [0.25, 0.3) is 11.8 Å². The number of amides is 2. The summed E-state index contributed by atoms with van der Waals surface area (Å²) in [7, 11) is 0. The van der Waals surface area contributed by atoms with Crippen LogP contribution in [0.3, 0.4) is 0 Å². The number of aromatic nitrogens is 1. The van der Waals surface area contributed by atoms with Gasteiger partial charge in [-0.25, -0.2) is 0 Å². The smallest absolute Gasteiger partial charge is 0.279 e. The Kier molecular flexibility index (Phi) is 7.14. The average molecular weight is 480 g/mol. The molecule has 0 bridgehead atoms. The molecule has 3 aromatic rings. The summed E-state index contributed by atoms with van der Waals surface area (Å²) in [5.41, 5.74) is 7.80. The zero-order chi connectivity index (χ0) is 24.9. The van der Waals surface area contributed by atoms with Gasteiger partial charge in [-0.3, -0.25) is 20.4 Å². The Balaban J connectivity index is 1.39. The maximum atomic E-state index is 12.8. The molecule has 1 aliphatic heterocycles. The van der Waals surface area contributed by atoms with E-state index in [1.54, 1.807) is 37.3 Å². The Morgan fingerprint density at radius 1 is 0.971 bits per heavy atom. The van der Waals surface area contributed by atoms with Gasteiger partial charge in [0.05, 0.1) is 12.2 Å². The third-order valence-corrected chi connectivity index (χ3v) is 5.58. The molecule has 0 saturated carbocycles. The molecule has 1 aliphatic rings. The fraction of sp³-hybridized carbons (Fsp3) is 0.308. The van der Waals surface area contributed by atoms with E-state index in [9.17, 15) is 9.59 Å². The van der Waals surface area contributed by atoms with E-state index in [2.05, 4.69) is 10.9 Å². The van der Waals surface area contributed by atoms with Crippen LogP contribution >= 0.6 is 0 Å². The number of rotatable bonds is 7. The Hall–Kier alpha value is -4.14. The van der Waals surface area contributed by atoms with Crippen molar-refractivity contribution in [1.82, 2.24) is 15.4 Å². The molecule has 2 N–H and O–H groups in total. The van der Waals surface area contributed by atoms with E-state index in [1.165, 1.54) is 0 Å². The van der Waals surface area contributed by atoms with E-state index in [0.29, 0.717) is 42.6 Å². The standard InChI is InChI=1S/C26H29N3O6/c1-5-32-20-7-9-21(10-8-20)35-18(4)25(30)27-28-26(31)22-14-16(2)29(17(22)3)19-6-11-23-24(15-19)34-13-12-33-23/h6-11,14-15,18H,5,12-13H2,1-4H3,(H,27,30)(H,28,31). The van der Waals surface area contributed by atoms with Crippen molar-refractivity contribution in [3.05, 3.63) is 65.5 Å². The van der Waals surface area contributed by atoms with Crippen molar-refractivity contribution in [2.24, 2.45) is 0 Å². The van der Waals surface area contributed by atoms with Crippen LogP contribution in [0.2, 0.25) is 0 Å². The lowest BCUT2D eigenvalue weighted by Crippen LogP contribution is -2.47. The molecule has 0 spiro atoms. The van der Waals surface area contributed by atoms with Crippen LogP contribution in [-0.4, -0.2) is 42.3 Å². The van der Waals surface area contributed by atoms with Gasteiger partial charge in [0.1, 0.15) is 24.7 Å². The van der Waals surface area contributed by atoms with Crippen LogP contribution in [0.25, 0.3) is 5.69 Å². The molecule has 0 saturated heterocycles. The molecule has 184 valence electrons. The molecular weight excluding hydrogens is 450 g/mol. The lowest BCUT2D eigenvalue weighted by atomic mass is 10.2. The highest BCUT2D eigenvalue weighted by atomic mass is 16.6. The maximum Gasteiger partial charge on any atom is 0.279 e. The van der Waals surface area contributed by atoms with Crippen molar-refractivity contribution in [3.8, 4) is 28.7 Å². The second-order valence-corrected chi connectivity index (χ2v) is 8.06. The van der Waals surface area contributed by atoms with Gasteiger partial charge in [-0.05, 0) is 70.2 Å². The van der Waals surface area contributed by atoms with Crippen LogP contribution in [0.5, 0.6) is 23.0 Å². The van der Waals surface area contributed by atoms with Crippen molar-refractivity contribution in [2.75, 3.05) is 19.8 Å². The van der Waals surface area contributed by atoms with Crippen LogP contribution in [0.1, 0.15) is 35.6 Å². The number of hydrogen-bond acceptors (Lipinski definition) is 6. The topological polar surface area (TPSA) is 100 Å². The quantitative estimate of drug-likeness (QED) is 0.503. The summed E-state index contributed by atoms with van der Waals surface area (Å²) in [5.74, 6) is 1.70. The van der Waals surface area contributed by atoms with Crippen LogP contribution < -0.4 is 29.8 Å². The lowest BCUT2D eigenvalue weighted by molar-refractivity contribution is -0.128. The van der Waals surface area contributed by atoms with E-state index in [-0.39, 0.29) is 0 Å². The van der Waals surface area contributed by atoms with Crippen molar-refractivity contribution in [1.29, 1.82) is 0 Å². The van der Waals surface area contributed by atoms with Gasteiger partial charge >= 0.3 is 0 Å². The van der Waals surface area contributed by atoms with E-state index in [1.807, 2.05) is 43.5 Å². The van der Waals surface area contributed by atoms with Gasteiger partial charge < -0.3 is 23.5 Å². The molecule has 35 heavy (non-hydrogen) atoms. The zero-order valence-corrected chi connectivity index (χ0v) is 20.2.